The van der Waals surface area contributed by atoms with Crippen LogP contribution in [0.3, 0.4) is 0 Å². The molecule has 14 heavy (non-hydrogen) atoms. The second kappa shape index (κ2) is 4.53. The van der Waals surface area contributed by atoms with Gasteiger partial charge in [-0.15, -0.1) is 0 Å². The van der Waals surface area contributed by atoms with Crippen LogP contribution < -0.4 is 5.32 Å². The summed E-state index contributed by atoms with van der Waals surface area (Å²) in [6.07, 6.45) is 4.96. The van der Waals surface area contributed by atoms with E-state index < -0.39 is 0 Å². The molecule has 1 atom stereocenters. The molecule has 1 aliphatic rings. The molecule has 3 heteroatoms. The molecule has 0 bridgehead atoms. The molecule has 1 N–H and O–H groups in total. The molecule has 1 unspecified atom stereocenters. The maximum atomic E-state index is 4.04. The highest BCUT2D eigenvalue weighted by molar-refractivity contribution is 5.15. The largest absolute Gasteiger partial charge is 0.309 e. The topological polar surface area (TPSA) is 28.2 Å². The number of nitrogens with one attached hydrogen (secondary N) is 1. The molecule has 2 heterocycles. The summed E-state index contributed by atoms with van der Waals surface area (Å²) in [5, 5.41) is 3.56. The minimum Gasteiger partial charge on any atom is -0.309 e. The molecule has 2 rings (SSSR count). The van der Waals surface area contributed by atoms with Crippen LogP contribution in [-0.2, 0) is 0 Å². The minimum atomic E-state index is 0.463. The number of aromatic nitrogens is 1. The summed E-state index contributed by atoms with van der Waals surface area (Å²) in [5.41, 5.74) is 1.34. The van der Waals surface area contributed by atoms with Crippen molar-refractivity contribution in [2.45, 2.75) is 12.5 Å². The summed E-state index contributed by atoms with van der Waals surface area (Å²) in [5.74, 6) is 0. The van der Waals surface area contributed by atoms with Gasteiger partial charge in [0.15, 0.2) is 0 Å². The van der Waals surface area contributed by atoms with Crippen molar-refractivity contribution in [1.29, 1.82) is 0 Å². The van der Waals surface area contributed by atoms with Crippen molar-refractivity contribution in [1.82, 2.24) is 15.2 Å². The molecule has 0 radical (unpaired) electrons. The standard InChI is InChI=1S/C11H17N3/c1-14-8-2-5-13-11(9-14)10-3-6-12-7-4-10/h3-4,6-7,11,13H,2,5,8-9H2,1H3. The minimum absolute atomic E-state index is 0.463. The third-order valence-electron chi connectivity index (χ3n) is 2.71. The van der Waals surface area contributed by atoms with E-state index in [0.29, 0.717) is 6.04 Å². The molecule has 0 aliphatic carbocycles. The summed E-state index contributed by atoms with van der Waals surface area (Å²) < 4.78 is 0. The zero-order valence-corrected chi connectivity index (χ0v) is 8.61. The lowest BCUT2D eigenvalue weighted by Crippen LogP contribution is -2.28. The summed E-state index contributed by atoms with van der Waals surface area (Å²) >= 11 is 0. The molecule has 1 aliphatic heterocycles. The molecule has 1 aromatic rings. The van der Waals surface area contributed by atoms with Gasteiger partial charge in [0.25, 0.3) is 0 Å². The number of pyridine rings is 1. The molecule has 1 saturated heterocycles. The molecular formula is C11H17N3. The van der Waals surface area contributed by atoms with Gasteiger partial charge in [-0.3, -0.25) is 4.98 Å². The van der Waals surface area contributed by atoms with Gasteiger partial charge in [0.05, 0.1) is 0 Å². The van der Waals surface area contributed by atoms with E-state index in [1.54, 1.807) is 0 Å². The zero-order valence-electron chi connectivity index (χ0n) is 8.61. The average molecular weight is 191 g/mol. The van der Waals surface area contributed by atoms with E-state index in [1.165, 1.54) is 18.5 Å². The van der Waals surface area contributed by atoms with Gasteiger partial charge < -0.3 is 10.2 Å². The predicted octanol–water partition coefficient (Wildman–Crippen LogP) is 1.05. The van der Waals surface area contributed by atoms with Crippen molar-refractivity contribution >= 4 is 0 Å². The Labute approximate surface area is 85.1 Å². The third kappa shape index (κ3) is 2.30. The first kappa shape index (κ1) is 9.62. The van der Waals surface area contributed by atoms with Crippen LogP contribution in [0.4, 0.5) is 0 Å². The maximum Gasteiger partial charge on any atom is 0.0450 e. The quantitative estimate of drug-likeness (QED) is 0.719. The molecule has 76 valence electrons. The molecule has 0 aromatic carbocycles. The Morgan fingerprint density at radius 1 is 1.43 bits per heavy atom. The lowest BCUT2D eigenvalue weighted by molar-refractivity contribution is 0.326. The van der Waals surface area contributed by atoms with Crippen LogP contribution in [0.15, 0.2) is 24.5 Å². The Kier molecular flexibility index (Phi) is 3.11. The first-order valence-corrected chi connectivity index (χ1v) is 5.18. The smallest absolute Gasteiger partial charge is 0.0450 e. The van der Waals surface area contributed by atoms with Crippen molar-refractivity contribution < 1.29 is 0 Å². The van der Waals surface area contributed by atoms with Crippen molar-refractivity contribution in [3.8, 4) is 0 Å². The first-order chi connectivity index (χ1) is 6.86. The van der Waals surface area contributed by atoms with Gasteiger partial charge in [0, 0.05) is 25.0 Å². The van der Waals surface area contributed by atoms with Crippen LogP contribution in [0.5, 0.6) is 0 Å². The lowest BCUT2D eigenvalue weighted by Gasteiger charge is -2.20. The SMILES string of the molecule is CN1CCCNC(c2ccncc2)C1. The van der Waals surface area contributed by atoms with E-state index in [4.69, 9.17) is 0 Å². The highest BCUT2D eigenvalue weighted by Gasteiger charge is 2.15. The fraction of sp³-hybridized carbons (Fsp3) is 0.545. The Balaban J connectivity index is 2.09. The van der Waals surface area contributed by atoms with E-state index in [2.05, 4.69) is 34.4 Å². The van der Waals surface area contributed by atoms with Crippen molar-refractivity contribution in [2.24, 2.45) is 0 Å². The first-order valence-electron chi connectivity index (χ1n) is 5.18. The second-order valence-corrected chi connectivity index (χ2v) is 3.90. The Morgan fingerprint density at radius 2 is 2.21 bits per heavy atom. The van der Waals surface area contributed by atoms with Crippen molar-refractivity contribution in [3.63, 3.8) is 0 Å². The zero-order chi connectivity index (χ0) is 9.80. The normalized spacial score (nSPS) is 24.5. The van der Waals surface area contributed by atoms with Gasteiger partial charge in [0.2, 0.25) is 0 Å². The lowest BCUT2D eigenvalue weighted by atomic mass is 10.1. The van der Waals surface area contributed by atoms with E-state index in [9.17, 15) is 0 Å². The molecule has 3 nitrogen and oxygen atoms in total. The van der Waals surface area contributed by atoms with Crippen LogP contribution in [0.25, 0.3) is 0 Å². The van der Waals surface area contributed by atoms with Crippen LogP contribution in [-0.4, -0.2) is 36.6 Å². The molecular weight excluding hydrogens is 174 g/mol. The Hall–Kier alpha value is -0.930. The Morgan fingerprint density at radius 3 is 3.00 bits per heavy atom. The molecule has 1 fully saturated rings. The van der Waals surface area contributed by atoms with Crippen LogP contribution in [0.2, 0.25) is 0 Å². The fourth-order valence-corrected chi connectivity index (χ4v) is 1.91. The summed E-state index contributed by atoms with van der Waals surface area (Å²) in [7, 11) is 2.18. The van der Waals surface area contributed by atoms with Crippen LogP contribution >= 0.6 is 0 Å². The van der Waals surface area contributed by atoms with E-state index >= 15 is 0 Å². The van der Waals surface area contributed by atoms with Crippen LogP contribution in [0, 0.1) is 0 Å². The molecule has 1 aromatic heterocycles. The maximum absolute atomic E-state index is 4.04. The molecule has 0 saturated carbocycles. The van der Waals surface area contributed by atoms with Gasteiger partial charge in [-0.05, 0) is 44.3 Å². The van der Waals surface area contributed by atoms with E-state index in [1.807, 2.05) is 12.4 Å². The van der Waals surface area contributed by atoms with E-state index in [0.717, 1.165) is 13.1 Å². The third-order valence-corrected chi connectivity index (χ3v) is 2.71. The molecule has 0 amide bonds. The van der Waals surface area contributed by atoms with E-state index in [-0.39, 0.29) is 0 Å². The molecule has 0 spiro atoms. The number of hydrogen-bond donors (Lipinski definition) is 1. The summed E-state index contributed by atoms with van der Waals surface area (Å²) in [4.78, 5) is 6.42. The Bertz CT molecular complexity index is 273. The number of hydrogen-bond acceptors (Lipinski definition) is 3. The number of likely N-dealkylation sites (N-methyl/N-ethyl adjacent to an activating group) is 1. The van der Waals surface area contributed by atoms with Gasteiger partial charge in [-0.1, -0.05) is 0 Å². The monoisotopic (exact) mass is 191 g/mol. The number of rotatable bonds is 1. The predicted molar refractivity (Wildman–Crippen MR) is 57.1 cm³/mol. The fourth-order valence-electron chi connectivity index (χ4n) is 1.91. The van der Waals surface area contributed by atoms with Crippen molar-refractivity contribution in [3.05, 3.63) is 30.1 Å². The highest BCUT2D eigenvalue weighted by Crippen LogP contribution is 2.14. The van der Waals surface area contributed by atoms with Gasteiger partial charge in [-0.25, -0.2) is 0 Å². The van der Waals surface area contributed by atoms with Gasteiger partial charge in [0.1, 0.15) is 0 Å². The van der Waals surface area contributed by atoms with Crippen LogP contribution in [0.1, 0.15) is 18.0 Å². The van der Waals surface area contributed by atoms with Gasteiger partial charge >= 0.3 is 0 Å². The second-order valence-electron chi connectivity index (χ2n) is 3.90. The summed E-state index contributed by atoms with van der Waals surface area (Å²) in [6.45, 7) is 3.38. The summed E-state index contributed by atoms with van der Waals surface area (Å²) in [6, 6.07) is 4.65. The van der Waals surface area contributed by atoms with Gasteiger partial charge in [-0.2, -0.15) is 0 Å². The average Bonchev–Trinajstić information content (AvgIpc) is 2.44. The number of nitrogens with zero attached hydrogens (tertiary/aromatic N) is 2. The van der Waals surface area contributed by atoms with Crippen molar-refractivity contribution in [2.75, 3.05) is 26.7 Å². The highest BCUT2D eigenvalue weighted by atomic mass is 15.1.